The van der Waals surface area contributed by atoms with E-state index in [1.165, 1.54) is 0 Å². The second-order valence-electron chi connectivity index (χ2n) is 3.60. The third-order valence-corrected chi connectivity index (χ3v) is 2.00. The van der Waals surface area contributed by atoms with Crippen molar-refractivity contribution in [1.82, 2.24) is 0 Å². The Morgan fingerprint density at radius 1 is 1.36 bits per heavy atom. The Hall–Kier alpha value is -0.580. The fraction of sp³-hybridized carbons (Fsp3) is 0.889. The molecule has 0 bridgehead atoms. The first kappa shape index (κ1) is 11.5. The molecule has 2 nitrogen and oxygen atoms in total. The zero-order valence-corrected chi connectivity index (χ0v) is 7.77. The molecule has 82 valence electrons. The minimum Gasteiger partial charge on any atom is -0.372 e. The molecule has 0 aliphatic heterocycles. The van der Waals surface area contributed by atoms with Gasteiger partial charge in [-0.3, -0.25) is 4.79 Å². The molecule has 0 heterocycles. The van der Waals surface area contributed by atoms with Crippen LogP contribution < -0.4 is 0 Å². The van der Waals surface area contributed by atoms with Crippen molar-refractivity contribution >= 4 is 5.78 Å². The van der Waals surface area contributed by atoms with E-state index < -0.39 is 12.8 Å². The largest absolute Gasteiger partial charge is 0.411 e. The zero-order valence-electron chi connectivity index (χ0n) is 7.77. The van der Waals surface area contributed by atoms with Crippen LogP contribution in [-0.4, -0.2) is 25.2 Å². The second kappa shape index (κ2) is 4.77. The Morgan fingerprint density at radius 3 is 2.50 bits per heavy atom. The number of Topliss-reactive ketones (excluding diaryl/α,β-unsaturated/α-hetero) is 1. The summed E-state index contributed by atoms with van der Waals surface area (Å²) >= 11 is 0. The van der Waals surface area contributed by atoms with Crippen LogP contribution in [0, 0.1) is 5.92 Å². The van der Waals surface area contributed by atoms with Gasteiger partial charge in [-0.15, -0.1) is 0 Å². The monoisotopic (exact) mass is 210 g/mol. The van der Waals surface area contributed by atoms with Crippen LogP contribution in [0.2, 0.25) is 0 Å². The number of carbonyl (C=O) groups is 1. The third-order valence-electron chi connectivity index (χ3n) is 2.00. The SMILES string of the molecule is O=C(CCOCC(F)(F)F)CC1CC1. The standard InChI is InChI=1S/C9H13F3O2/c10-9(11,12)6-14-4-3-8(13)5-7-1-2-7/h7H,1-6H2. The lowest BCUT2D eigenvalue weighted by Crippen LogP contribution is -2.18. The molecule has 0 aromatic heterocycles. The lowest BCUT2D eigenvalue weighted by molar-refractivity contribution is -0.174. The van der Waals surface area contributed by atoms with E-state index in [0.717, 1.165) is 12.8 Å². The zero-order chi connectivity index (χ0) is 10.6. The molecule has 0 atom stereocenters. The Morgan fingerprint density at radius 2 is 2.00 bits per heavy atom. The number of ketones is 1. The van der Waals surface area contributed by atoms with E-state index in [1.54, 1.807) is 0 Å². The molecule has 0 radical (unpaired) electrons. The summed E-state index contributed by atoms with van der Waals surface area (Å²) in [6.07, 6.45) is -1.52. The molecule has 5 heteroatoms. The molecule has 1 aliphatic rings. The van der Waals surface area contributed by atoms with Crippen LogP contribution in [0.3, 0.4) is 0 Å². The van der Waals surface area contributed by atoms with Crippen LogP contribution in [0.4, 0.5) is 13.2 Å². The van der Waals surface area contributed by atoms with Crippen LogP contribution in [0.25, 0.3) is 0 Å². The van der Waals surface area contributed by atoms with Gasteiger partial charge >= 0.3 is 6.18 Å². The highest BCUT2D eigenvalue weighted by Crippen LogP contribution is 2.32. The van der Waals surface area contributed by atoms with Crippen molar-refractivity contribution in [3.63, 3.8) is 0 Å². The Balaban J connectivity index is 1.94. The number of alkyl halides is 3. The minimum absolute atomic E-state index is 0.00896. The first-order valence-electron chi connectivity index (χ1n) is 4.63. The average Bonchev–Trinajstić information content (AvgIpc) is 2.80. The summed E-state index contributed by atoms with van der Waals surface area (Å²) in [6.45, 7) is -1.38. The van der Waals surface area contributed by atoms with Crippen molar-refractivity contribution in [2.45, 2.75) is 31.9 Å². The van der Waals surface area contributed by atoms with Crippen molar-refractivity contribution in [1.29, 1.82) is 0 Å². The number of carbonyl (C=O) groups excluding carboxylic acids is 1. The van der Waals surface area contributed by atoms with Crippen LogP contribution in [0.1, 0.15) is 25.7 Å². The second-order valence-corrected chi connectivity index (χ2v) is 3.60. The van der Waals surface area contributed by atoms with E-state index in [2.05, 4.69) is 4.74 Å². The number of hydrogen-bond donors (Lipinski definition) is 0. The van der Waals surface area contributed by atoms with E-state index in [9.17, 15) is 18.0 Å². The lowest BCUT2D eigenvalue weighted by Gasteiger charge is -2.06. The highest BCUT2D eigenvalue weighted by atomic mass is 19.4. The van der Waals surface area contributed by atoms with Gasteiger partial charge in [0.1, 0.15) is 12.4 Å². The van der Waals surface area contributed by atoms with Crippen molar-refractivity contribution in [3.05, 3.63) is 0 Å². The third kappa shape index (κ3) is 5.96. The Labute approximate surface area is 80.4 Å². The average molecular weight is 210 g/mol. The summed E-state index contributed by atoms with van der Waals surface area (Å²) < 4.78 is 39.1. The van der Waals surface area contributed by atoms with Gasteiger partial charge in [-0.05, 0) is 18.8 Å². The van der Waals surface area contributed by atoms with Crippen LogP contribution in [0.15, 0.2) is 0 Å². The summed E-state index contributed by atoms with van der Waals surface area (Å²) in [5, 5.41) is 0. The minimum atomic E-state index is -4.29. The summed E-state index contributed by atoms with van der Waals surface area (Å²) in [7, 11) is 0. The first-order valence-corrected chi connectivity index (χ1v) is 4.63. The maximum atomic E-state index is 11.6. The van der Waals surface area contributed by atoms with Crippen LogP contribution in [-0.2, 0) is 9.53 Å². The molecule has 1 rings (SSSR count). The molecule has 0 amide bonds. The molecular formula is C9H13F3O2. The molecule has 0 aromatic rings. The van der Waals surface area contributed by atoms with Gasteiger partial charge < -0.3 is 4.74 Å². The van der Waals surface area contributed by atoms with E-state index in [0.29, 0.717) is 12.3 Å². The van der Waals surface area contributed by atoms with Gasteiger partial charge in [0.2, 0.25) is 0 Å². The molecule has 1 saturated carbocycles. The number of hydrogen-bond acceptors (Lipinski definition) is 2. The van der Waals surface area contributed by atoms with E-state index >= 15 is 0 Å². The Kier molecular flexibility index (Phi) is 3.92. The van der Waals surface area contributed by atoms with Crippen LogP contribution in [0.5, 0.6) is 0 Å². The molecule has 0 aromatic carbocycles. The van der Waals surface area contributed by atoms with E-state index in [-0.39, 0.29) is 18.8 Å². The van der Waals surface area contributed by atoms with Crippen molar-refractivity contribution in [3.8, 4) is 0 Å². The highest BCUT2D eigenvalue weighted by Gasteiger charge is 2.28. The summed E-state index contributed by atoms with van der Waals surface area (Å²) in [5.74, 6) is 0.500. The molecule has 0 saturated heterocycles. The van der Waals surface area contributed by atoms with Crippen molar-refractivity contribution < 1.29 is 22.7 Å². The van der Waals surface area contributed by atoms with Gasteiger partial charge in [0.25, 0.3) is 0 Å². The predicted molar refractivity (Wildman–Crippen MR) is 43.8 cm³/mol. The van der Waals surface area contributed by atoms with Gasteiger partial charge in [0.05, 0.1) is 6.61 Å². The fourth-order valence-corrected chi connectivity index (χ4v) is 1.12. The molecular weight excluding hydrogens is 197 g/mol. The predicted octanol–water partition coefficient (Wildman–Crippen LogP) is 2.32. The van der Waals surface area contributed by atoms with Gasteiger partial charge in [-0.1, -0.05) is 0 Å². The molecule has 14 heavy (non-hydrogen) atoms. The summed E-state index contributed by atoms with van der Waals surface area (Å²) in [6, 6.07) is 0. The summed E-state index contributed by atoms with van der Waals surface area (Å²) in [5.41, 5.74) is 0. The highest BCUT2D eigenvalue weighted by molar-refractivity contribution is 5.78. The first-order chi connectivity index (χ1) is 6.47. The normalized spacial score (nSPS) is 17.1. The molecule has 0 unspecified atom stereocenters. The molecule has 1 aliphatic carbocycles. The number of ether oxygens (including phenoxy) is 1. The molecule has 0 N–H and O–H groups in total. The van der Waals surface area contributed by atoms with Crippen molar-refractivity contribution in [2.24, 2.45) is 5.92 Å². The fourth-order valence-electron chi connectivity index (χ4n) is 1.12. The quantitative estimate of drug-likeness (QED) is 0.629. The van der Waals surface area contributed by atoms with E-state index in [4.69, 9.17) is 0 Å². The number of rotatable bonds is 6. The lowest BCUT2D eigenvalue weighted by atomic mass is 10.1. The van der Waals surface area contributed by atoms with Gasteiger partial charge in [-0.2, -0.15) is 13.2 Å². The maximum absolute atomic E-state index is 11.6. The molecule has 1 fully saturated rings. The van der Waals surface area contributed by atoms with Gasteiger partial charge in [-0.25, -0.2) is 0 Å². The van der Waals surface area contributed by atoms with E-state index in [1.807, 2.05) is 0 Å². The smallest absolute Gasteiger partial charge is 0.372 e. The maximum Gasteiger partial charge on any atom is 0.411 e. The summed E-state index contributed by atoms with van der Waals surface area (Å²) in [4.78, 5) is 11.1. The van der Waals surface area contributed by atoms with Gasteiger partial charge in [0.15, 0.2) is 0 Å². The Bertz CT molecular complexity index is 197. The van der Waals surface area contributed by atoms with Gasteiger partial charge in [0, 0.05) is 12.8 Å². The number of halogens is 3. The van der Waals surface area contributed by atoms with Crippen molar-refractivity contribution in [2.75, 3.05) is 13.2 Å². The molecule has 0 spiro atoms. The topological polar surface area (TPSA) is 26.3 Å². The van der Waals surface area contributed by atoms with Crippen LogP contribution >= 0.6 is 0 Å².